The summed E-state index contributed by atoms with van der Waals surface area (Å²) in [5.74, 6) is -0.972. The first kappa shape index (κ1) is 14.5. The second-order valence-electron chi connectivity index (χ2n) is 4.02. The Bertz CT molecular complexity index is 522. The first-order valence-electron chi connectivity index (χ1n) is 5.27. The van der Waals surface area contributed by atoms with E-state index in [-0.39, 0.29) is 4.90 Å². The number of aliphatic carboxylic acids is 1. The number of nitrogens with zero attached hydrogens (tertiary/aromatic N) is 1. The van der Waals surface area contributed by atoms with Gasteiger partial charge in [-0.3, -0.25) is 4.79 Å². The van der Waals surface area contributed by atoms with Gasteiger partial charge >= 0.3 is 5.97 Å². The summed E-state index contributed by atoms with van der Waals surface area (Å²) in [5, 5.41) is 11.5. The van der Waals surface area contributed by atoms with E-state index in [4.69, 9.17) is 5.11 Å². The Morgan fingerprint density at radius 3 is 2.17 bits per heavy atom. The van der Waals surface area contributed by atoms with Crippen molar-refractivity contribution in [2.75, 3.05) is 19.4 Å². The summed E-state index contributed by atoms with van der Waals surface area (Å²) in [5.41, 5.74) is 0.558. The van der Waals surface area contributed by atoms with Gasteiger partial charge in [-0.2, -0.15) is 0 Å². The Labute approximate surface area is 106 Å². The molecule has 1 atom stereocenters. The fourth-order valence-corrected chi connectivity index (χ4v) is 2.15. The number of sulfonamides is 1. The van der Waals surface area contributed by atoms with Crippen LogP contribution in [0.5, 0.6) is 0 Å². The second-order valence-corrected chi connectivity index (χ2v) is 6.17. The molecule has 6 nitrogen and oxygen atoms in total. The van der Waals surface area contributed by atoms with Crippen LogP contribution in [-0.2, 0) is 14.8 Å². The minimum absolute atomic E-state index is 0.168. The zero-order valence-corrected chi connectivity index (χ0v) is 11.2. The maximum atomic E-state index is 11.8. The predicted octanol–water partition coefficient (Wildman–Crippen LogP) is 0.822. The van der Waals surface area contributed by atoms with Crippen molar-refractivity contribution < 1.29 is 18.3 Å². The van der Waals surface area contributed by atoms with Crippen LogP contribution in [0.15, 0.2) is 29.2 Å². The summed E-state index contributed by atoms with van der Waals surface area (Å²) in [7, 11) is -0.544. The molecule has 1 unspecified atom stereocenters. The van der Waals surface area contributed by atoms with E-state index in [1.54, 1.807) is 0 Å². The number of anilines is 1. The van der Waals surface area contributed by atoms with Gasteiger partial charge in [0, 0.05) is 19.8 Å². The molecule has 0 aliphatic rings. The van der Waals surface area contributed by atoms with Gasteiger partial charge in [0.05, 0.1) is 4.90 Å². The van der Waals surface area contributed by atoms with Crippen molar-refractivity contribution in [3.63, 3.8) is 0 Å². The van der Waals surface area contributed by atoms with E-state index in [1.807, 2.05) is 0 Å². The molecule has 7 heteroatoms. The molecule has 1 aromatic rings. The largest absolute Gasteiger partial charge is 0.480 e. The summed E-state index contributed by atoms with van der Waals surface area (Å²) in [6, 6.07) is 5.21. The lowest BCUT2D eigenvalue weighted by molar-refractivity contribution is -0.137. The third-order valence-corrected chi connectivity index (χ3v) is 4.22. The average Bonchev–Trinajstić information content (AvgIpc) is 2.29. The summed E-state index contributed by atoms with van der Waals surface area (Å²) < 4.78 is 24.7. The number of benzene rings is 1. The summed E-state index contributed by atoms with van der Waals surface area (Å²) >= 11 is 0. The molecule has 0 aromatic heterocycles. The molecule has 18 heavy (non-hydrogen) atoms. The van der Waals surface area contributed by atoms with Crippen LogP contribution >= 0.6 is 0 Å². The van der Waals surface area contributed by atoms with Crippen molar-refractivity contribution in [2.24, 2.45) is 0 Å². The van der Waals surface area contributed by atoms with Crippen LogP contribution in [0, 0.1) is 0 Å². The van der Waals surface area contributed by atoms with Crippen LogP contribution in [-0.4, -0.2) is 43.9 Å². The Morgan fingerprint density at radius 2 is 1.78 bits per heavy atom. The maximum absolute atomic E-state index is 11.8. The van der Waals surface area contributed by atoms with Crippen molar-refractivity contribution in [3.05, 3.63) is 24.3 Å². The molecule has 0 aliphatic heterocycles. The third-order valence-electron chi connectivity index (χ3n) is 2.39. The van der Waals surface area contributed by atoms with Crippen molar-refractivity contribution in [2.45, 2.75) is 17.9 Å². The van der Waals surface area contributed by atoms with Crippen molar-refractivity contribution in [3.8, 4) is 0 Å². The molecule has 0 bridgehead atoms. The average molecular weight is 272 g/mol. The van der Waals surface area contributed by atoms with Crippen LogP contribution in [0.25, 0.3) is 0 Å². The normalized spacial score (nSPS) is 13.3. The molecular weight excluding hydrogens is 256 g/mol. The maximum Gasteiger partial charge on any atom is 0.325 e. The molecular formula is C11H16N2O4S. The van der Waals surface area contributed by atoms with Gasteiger partial charge in [-0.25, -0.2) is 12.7 Å². The molecule has 0 saturated heterocycles. The molecule has 0 spiro atoms. The monoisotopic (exact) mass is 272 g/mol. The van der Waals surface area contributed by atoms with Crippen LogP contribution in [0.2, 0.25) is 0 Å². The Morgan fingerprint density at radius 1 is 1.28 bits per heavy atom. The van der Waals surface area contributed by atoms with Crippen LogP contribution in [0.3, 0.4) is 0 Å². The van der Waals surface area contributed by atoms with E-state index in [2.05, 4.69) is 5.32 Å². The molecule has 1 rings (SSSR count). The molecule has 2 N–H and O–H groups in total. The highest BCUT2D eigenvalue weighted by molar-refractivity contribution is 7.89. The smallest absolute Gasteiger partial charge is 0.325 e. The van der Waals surface area contributed by atoms with E-state index < -0.39 is 22.0 Å². The number of rotatable bonds is 5. The van der Waals surface area contributed by atoms with E-state index in [9.17, 15) is 13.2 Å². The molecule has 0 amide bonds. The lowest BCUT2D eigenvalue weighted by Crippen LogP contribution is -2.25. The number of carboxylic acids is 1. The van der Waals surface area contributed by atoms with Crippen LogP contribution < -0.4 is 5.32 Å². The van der Waals surface area contributed by atoms with Crippen molar-refractivity contribution in [1.82, 2.24) is 4.31 Å². The van der Waals surface area contributed by atoms with Gasteiger partial charge in [0.1, 0.15) is 6.04 Å². The van der Waals surface area contributed by atoms with E-state index in [0.29, 0.717) is 5.69 Å². The Balaban J connectivity index is 2.91. The SMILES string of the molecule is CC(Nc1ccc(S(=O)(=O)N(C)C)cc1)C(=O)O. The Kier molecular flexibility index (Phi) is 4.31. The molecule has 0 aliphatic carbocycles. The van der Waals surface area contributed by atoms with Crippen LogP contribution in [0.4, 0.5) is 5.69 Å². The standard InChI is InChI=1S/C11H16N2O4S/c1-8(11(14)15)12-9-4-6-10(7-5-9)18(16,17)13(2)3/h4-8,12H,1-3H3,(H,14,15). The van der Waals surface area contributed by atoms with Gasteiger partial charge in [0.2, 0.25) is 10.0 Å². The number of carbonyl (C=O) groups is 1. The van der Waals surface area contributed by atoms with Gasteiger partial charge in [0.25, 0.3) is 0 Å². The Hall–Kier alpha value is -1.60. The molecule has 0 saturated carbocycles. The van der Waals surface area contributed by atoms with Crippen molar-refractivity contribution in [1.29, 1.82) is 0 Å². The predicted molar refractivity (Wildman–Crippen MR) is 68.0 cm³/mol. The third kappa shape index (κ3) is 3.21. The highest BCUT2D eigenvalue weighted by Gasteiger charge is 2.17. The topological polar surface area (TPSA) is 86.7 Å². The number of hydrogen-bond donors (Lipinski definition) is 2. The van der Waals surface area contributed by atoms with Crippen molar-refractivity contribution >= 4 is 21.7 Å². The molecule has 100 valence electrons. The molecule has 0 fully saturated rings. The lowest BCUT2D eigenvalue weighted by Gasteiger charge is -2.13. The number of nitrogens with one attached hydrogen (secondary N) is 1. The van der Waals surface area contributed by atoms with E-state index >= 15 is 0 Å². The lowest BCUT2D eigenvalue weighted by atomic mass is 10.2. The number of hydrogen-bond acceptors (Lipinski definition) is 4. The zero-order valence-electron chi connectivity index (χ0n) is 10.4. The van der Waals surface area contributed by atoms with Crippen LogP contribution in [0.1, 0.15) is 6.92 Å². The summed E-state index contributed by atoms with van der Waals surface area (Å²) in [4.78, 5) is 10.8. The van der Waals surface area contributed by atoms with E-state index in [1.165, 1.54) is 45.3 Å². The number of carboxylic acid groups (broad SMARTS) is 1. The van der Waals surface area contributed by atoms with Gasteiger partial charge in [0.15, 0.2) is 0 Å². The molecule has 0 heterocycles. The summed E-state index contributed by atoms with van der Waals surface area (Å²) in [6.07, 6.45) is 0. The van der Waals surface area contributed by atoms with Gasteiger partial charge in [-0.05, 0) is 31.2 Å². The fraction of sp³-hybridized carbons (Fsp3) is 0.364. The fourth-order valence-electron chi connectivity index (χ4n) is 1.25. The van der Waals surface area contributed by atoms with E-state index in [0.717, 1.165) is 4.31 Å². The molecule has 1 aromatic carbocycles. The quantitative estimate of drug-likeness (QED) is 0.828. The highest BCUT2D eigenvalue weighted by Crippen LogP contribution is 2.17. The van der Waals surface area contributed by atoms with Gasteiger partial charge < -0.3 is 10.4 Å². The zero-order chi connectivity index (χ0) is 13.9. The second kappa shape index (κ2) is 5.36. The van der Waals surface area contributed by atoms with Gasteiger partial charge in [-0.1, -0.05) is 0 Å². The minimum atomic E-state index is -3.45. The first-order chi connectivity index (χ1) is 8.25. The summed E-state index contributed by atoms with van der Waals surface area (Å²) in [6.45, 7) is 1.51. The molecule has 0 radical (unpaired) electrons. The first-order valence-corrected chi connectivity index (χ1v) is 6.71. The highest BCUT2D eigenvalue weighted by atomic mass is 32.2. The minimum Gasteiger partial charge on any atom is -0.480 e. The van der Waals surface area contributed by atoms with Gasteiger partial charge in [-0.15, -0.1) is 0 Å².